The van der Waals surface area contributed by atoms with Crippen LogP contribution in [0.4, 0.5) is 5.69 Å². The van der Waals surface area contributed by atoms with E-state index in [1.54, 1.807) is 28.2 Å². The van der Waals surface area contributed by atoms with Crippen LogP contribution in [0, 0.1) is 0 Å². The SMILES string of the molecule is CC1CN(S(=O)(=O)CCOc2ccccc2N)CCS1. The van der Waals surface area contributed by atoms with Gasteiger partial charge in [0.1, 0.15) is 12.4 Å². The smallest absolute Gasteiger partial charge is 0.217 e. The van der Waals surface area contributed by atoms with Gasteiger partial charge in [-0.05, 0) is 12.1 Å². The summed E-state index contributed by atoms with van der Waals surface area (Å²) >= 11 is 1.81. The lowest BCUT2D eigenvalue weighted by Crippen LogP contribution is -2.42. The second-order valence-electron chi connectivity index (χ2n) is 4.74. The molecule has 0 spiro atoms. The van der Waals surface area contributed by atoms with Crippen LogP contribution in [0.3, 0.4) is 0 Å². The van der Waals surface area contributed by atoms with Crippen molar-refractivity contribution < 1.29 is 13.2 Å². The minimum atomic E-state index is -3.25. The number of nitrogens with two attached hydrogens (primary N) is 1. The van der Waals surface area contributed by atoms with E-state index >= 15 is 0 Å². The third-order valence-corrected chi connectivity index (χ3v) is 6.05. The van der Waals surface area contributed by atoms with E-state index in [-0.39, 0.29) is 12.4 Å². The maximum absolute atomic E-state index is 12.2. The number of hydrogen-bond acceptors (Lipinski definition) is 5. The van der Waals surface area contributed by atoms with Crippen molar-refractivity contribution in [3.05, 3.63) is 24.3 Å². The maximum Gasteiger partial charge on any atom is 0.217 e. The summed E-state index contributed by atoms with van der Waals surface area (Å²) in [5.41, 5.74) is 6.26. The van der Waals surface area contributed by atoms with Gasteiger partial charge >= 0.3 is 0 Å². The van der Waals surface area contributed by atoms with Crippen LogP contribution in [0.15, 0.2) is 24.3 Å². The zero-order valence-electron chi connectivity index (χ0n) is 11.5. The van der Waals surface area contributed by atoms with Crippen molar-refractivity contribution in [2.24, 2.45) is 0 Å². The van der Waals surface area contributed by atoms with Crippen LogP contribution in [0.2, 0.25) is 0 Å². The summed E-state index contributed by atoms with van der Waals surface area (Å²) < 4.78 is 31.4. The minimum Gasteiger partial charge on any atom is -0.490 e. The summed E-state index contributed by atoms with van der Waals surface area (Å²) in [6, 6.07) is 7.09. The van der Waals surface area contributed by atoms with Crippen LogP contribution < -0.4 is 10.5 Å². The summed E-state index contributed by atoms with van der Waals surface area (Å²) in [4.78, 5) is 0. The topological polar surface area (TPSA) is 72.6 Å². The van der Waals surface area contributed by atoms with Crippen molar-refractivity contribution in [3.63, 3.8) is 0 Å². The molecule has 0 aromatic heterocycles. The number of benzene rings is 1. The number of anilines is 1. The Hall–Kier alpha value is -0.920. The highest BCUT2D eigenvalue weighted by Crippen LogP contribution is 2.22. The first kappa shape index (κ1) is 15.5. The Bertz CT molecular complexity index is 548. The fraction of sp³-hybridized carbons (Fsp3) is 0.538. The Morgan fingerprint density at radius 2 is 2.20 bits per heavy atom. The predicted octanol–water partition coefficient (Wildman–Crippen LogP) is 1.41. The normalized spacial score (nSPS) is 20.8. The van der Waals surface area contributed by atoms with Gasteiger partial charge in [-0.1, -0.05) is 19.1 Å². The van der Waals surface area contributed by atoms with Crippen molar-refractivity contribution in [2.75, 3.05) is 36.9 Å². The van der Waals surface area contributed by atoms with Crippen LogP contribution in [-0.2, 0) is 10.0 Å². The van der Waals surface area contributed by atoms with Crippen molar-refractivity contribution in [1.29, 1.82) is 0 Å². The molecule has 1 heterocycles. The van der Waals surface area contributed by atoms with Crippen molar-refractivity contribution in [2.45, 2.75) is 12.2 Å². The van der Waals surface area contributed by atoms with Crippen LogP contribution in [0.25, 0.3) is 0 Å². The van der Waals surface area contributed by atoms with Gasteiger partial charge in [0.2, 0.25) is 10.0 Å². The minimum absolute atomic E-state index is 0.0152. The molecular formula is C13H20N2O3S2. The molecule has 0 radical (unpaired) electrons. The molecule has 20 heavy (non-hydrogen) atoms. The van der Waals surface area contributed by atoms with Gasteiger partial charge in [0.25, 0.3) is 0 Å². The highest BCUT2D eigenvalue weighted by Gasteiger charge is 2.27. The molecule has 1 atom stereocenters. The highest BCUT2D eigenvalue weighted by molar-refractivity contribution is 8.00. The van der Waals surface area contributed by atoms with Gasteiger partial charge in [-0.25, -0.2) is 8.42 Å². The number of nitrogen functional groups attached to an aromatic ring is 1. The number of ether oxygens (including phenoxy) is 1. The van der Waals surface area contributed by atoms with E-state index in [2.05, 4.69) is 0 Å². The number of para-hydroxylation sites is 2. The monoisotopic (exact) mass is 316 g/mol. The lowest BCUT2D eigenvalue weighted by molar-refractivity contribution is 0.336. The zero-order valence-corrected chi connectivity index (χ0v) is 13.1. The van der Waals surface area contributed by atoms with E-state index in [1.165, 1.54) is 0 Å². The number of rotatable bonds is 5. The fourth-order valence-corrected chi connectivity index (χ4v) is 4.63. The molecule has 2 rings (SSSR count). The molecule has 112 valence electrons. The molecule has 5 nitrogen and oxygen atoms in total. The average Bonchev–Trinajstić information content (AvgIpc) is 2.41. The van der Waals surface area contributed by atoms with Gasteiger partial charge in [-0.15, -0.1) is 0 Å². The summed E-state index contributed by atoms with van der Waals surface area (Å²) in [6.45, 7) is 3.34. The van der Waals surface area contributed by atoms with Crippen LogP contribution >= 0.6 is 11.8 Å². The van der Waals surface area contributed by atoms with Gasteiger partial charge in [0.05, 0.1) is 11.4 Å². The Morgan fingerprint density at radius 1 is 1.45 bits per heavy atom. The molecular weight excluding hydrogens is 296 g/mol. The predicted molar refractivity (Wildman–Crippen MR) is 83.6 cm³/mol. The molecule has 1 aromatic carbocycles. The Labute approximate surface area is 124 Å². The molecule has 1 fully saturated rings. The number of nitrogens with zero attached hydrogens (tertiary/aromatic N) is 1. The van der Waals surface area contributed by atoms with Crippen molar-refractivity contribution in [3.8, 4) is 5.75 Å². The molecule has 0 amide bonds. The fourth-order valence-electron chi connectivity index (χ4n) is 2.04. The lowest BCUT2D eigenvalue weighted by Gasteiger charge is -2.29. The van der Waals surface area contributed by atoms with Crippen LogP contribution in [0.1, 0.15) is 6.92 Å². The first-order valence-electron chi connectivity index (χ1n) is 6.56. The number of hydrogen-bond donors (Lipinski definition) is 1. The molecule has 0 saturated carbocycles. The quantitative estimate of drug-likeness (QED) is 0.832. The number of thioether (sulfide) groups is 1. The standard InChI is InChI=1S/C13H20N2O3S2/c1-11-10-15(6-8-19-11)20(16,17)9-7-18-13-5-3-2-4-12(13)14/h2-5,11H,6-10,14H2,1H3. The molecule has 1 aromatic rings. The Morgan fingerprint density at radius 3 is 2.90 bits per heavy atom. The Balaban J connectivity index is 1.88. The van der Waals surface area contributed by atoms with Gasteiger partial charge in [-0.2, -0.15) is 16.1 Å². The van der Waals surface area contributed by atoms with E-state index < -0.39 is 10.0 Å². The summed E-state index contributed by atoms with van der Waals surface area (Å²) in [7, 11) is -3.25. The molecule has 1 unspecified atom stereocenters. The van der Waals surface area contributed by atoms with Gasteiger partial charge in [0, 0.05) is 24.1 Å². The molecule has 0 bridgehead atoms. The van der Waals surface area contributed by atoms with E-state index in [4.69, 9.17) is 10.5 Å². The molecule has 1 aliphatic rings. The molecule has 1 aliphatic heterocycles. The van der Waals surface area contributed by atoms with E-state index in [0.717, 1.165) is 5.75 Å². The summed E-state index contributed by atoms with van der Waals surface area (Å²) in [5, 5.41) is 0.351. The molecule has 1 saturated heterocycles. The molecule has 0 aliphatic carbocycles. The molecule has 2 N–H and O–H groups in total. The van der Waals surface area contributed by atoms with Crippen molar-refractivity contribution in [1.82, 2.24) is 4.31 Å². The zero-order chi connectivity index (χ0) is 14.6. The summed E-state index contributed by atoms with van der Waals surface area (Å²) in [6.07, 6.45) is 0. The van der Waals surface area contributed by atoms with Crippen LogP contribution in [0.5, 0.6) is 5.75 Å². The largest absolute Gasteiger partial charge is 0.490 e. The Kier molecular flexibility index (Phi) is 5.17. The first-order chi connectivity index (χ1) is 9.49. The summed E-state index contributed by atoms with van der Waals surface area (Å²) in [5.74, 6) is 1.37. The first-order valence-corrected chi connectivity index (χ1v) is 9.21. The molecule has 7 heteroatoms. The van der Waals surface area contributed by atoms with Gasteiger partial charge in [-0.3, -0.25) is 0 Å². The van der Waals surface area contributed by atoms with Gasteiger partial charge in [0.15, 0.2) is 0 Å². The van der Waals surface area contributed by atoms with E-state index in [0.29, 0.717) is 29.8 Å². The second kappa shape index (κ2) is 6.69. The average molecular weight is 316 g/mol. The van der Waals surface area contributed by atoms with Crippen LogP contribution in [-0.4, -0.2) is 49.2 Å². The number of sulfonamides is 1. The maximum atomic E-state index is 12.2. The second-order valence-corrected chi connectivity index (χ2v) is 8.38. The lowest BCUT2D eigenvalue weighted by atomic mass is 10.3. The van der Waals surface area contributed by atoms with Crippen molar-refractivity contribution >= 4 is 27.5 Å². The third-order valence-electron chi connectivity index (χ3n) is 3.12. The van der Waals surface area contributed by atoms with E-state index in [1.807, 2.05) is 19.1 Å². The highest BCUT2D eigenvalue weighted by atomic mass is 32.2. The van der Waals surface area contributed by atoms with E-state index in [9.17, 15) is 8.42 Å². The third kappa shape index (κ3) is 4.04. The van der Waals surface area contributed by atoms with Gasteiger partial charge < -0.3 is 10.5 Å².